The topological polar surface area (TPSA) is 62.1 Å². The van der Waals surface area contributed by atoms with Gasteiger partial charge in [-0.2, -0.15) is 0 Å². The first-order chi connectivity index (χ1) is 10.7. The van der Waals surface area contributed by atoms with Crippen molar-refractivity contribution in [3.05, 3.63) is 30.2 Å². The van der Waals surface area contributed by atoms with Crippen molar-refractivity contribution in [1.82, 2.24) is 9.38 Å². The summed E-state index contributed by atoms with van der Waals surface area (Å²) in [5, 5.41) is 0. The second-order valence-electron chi connectivity index (χ2n) is 6.66. The third kappa shape index (κ3) is 2.75. The van der Waals surface area contributed by atoms with Crippen LogP contribution < -0.4 is 5.46 Å². The fourth-order valence-corrected chi connectivity index (χ4v) is 2.43. The summed E-state index contributed by atoms with van der Waals surface area (Å²) in [7, 11) is -0.446. The van der Waals surface area contributed by atoms with Crippen molar-refractivity contribution in [2.75, 3.05) is 6.61 Å². The number of hydrogen-bond acceptors (Lipinski definition) is 5. The molecule has 0 aromatic carbocycles. The lowest BCUT2D eigenvalue weighted by molar-refractivity contribution is 0.00578. The van der Waals surface area contributed by atoms with Crippen LogP contribution in [0.25, 0.3) is 5.65 Å². The monoisotopic (exact) mass is 316 g/mol. The van der Waals surface area contributed by atoms with E-state index in [4.69, 9.17) is 14.0 Å². The third-order valence-electron chi connectivity index (χ3n) is 4.48. The van der Waals surface area contributed by atoms with E-state index in [2.05, 4.69) is 4.98 Å². The molecule has 0 N–H and O–H groups in total. The van der Waals surface area contributed by atoms with Crippen LogP contribution in [0.4, 0.5) is 0 Å². The van der Waals surface area contributed by atoms with E-state index < -0.39 is 24.3 Å². The Morgan fingerprint density at radius 1 is 1.22 bits per heavy atom. The number of nitrogens with zero attached hydrogens (tertiary/aromatic N) is 2. The van der Waals surface area contributed by atoms with Gasteiger partial charge in [0.25, 0.3) is 0 Å². The minimum atomic E-state index is -0.446. The summed E-state index contributed by atoms with van der Waals surface area (Å²) in [6.45, 7) is 10.2. The van der Waals surface area contributed by atoms with E-state index in [0.29, 0.717) is 12.3 Å². The molecule has 1 aliphatic heterocycles. The van der Waals surface area contributed by atoms with Crippen LogP contribution >= 0.6 is 0 Å². The number of ether oxygens (including phenoxy) is 1. The molecule has 1 aliphatic rings. The van der Waals surface area contributed by atoms with E-state index in [1.807, 2.05) is 46.0 Å². The molecule has 0 radical (unpaired) electrons. The Balaban J connectivity index is 1.91. The van der Waals surface area contributed by atoms with Crippen molar-refractivity contribution in [2.24, 2.45) is 0 Å². The minimum Gasteiger partial charge on any atom is -0.461 e. The van der Waals surface area contributed by atoms with Gasteiger partial charge < -0.3 is 18.4 Å². The zero-order valence-electron chi connectivity index (χ0n) is 14.1. The Hall–Kier alpha value is -1.86. The zero-order valence-corrected chi connectivity index (χ0v) is 14.1. The van der Waals surface area contributed by atoms with Gasteiger partial charge in [0, 0.05) is 12.4 Å². The molecule has 23 heavy (non-hydrogen) atoms. The maximum absolute atomic E-state index is 11.8. The summed E-state index contributed by atoms with van der Waals surface area (Å²) < 4.78 is 18.9. The molecule has 122 valence electrons. The molecule has 0 atom stereocenters. The molecule has 7 heteroatoms. The van der Waals surface area contributed by atoms with Crippen molar-refractivity contribution in [2.45, 2.75) is 45.8 Å². The lowest BCUT2D eigenvalue weighted by Crippen LogP contribution is -2.41. The predicted molar refractivity (Wildman–Crippen MR) is 86.9 cm³/mol. The van der Waals surface area contributed by atoms with Crippen molar-refractivity contribution < 1.29 is 18.8 Å². The summed E-state index contributed by atoms with van der Waals surface area (Å²) in [6, 6.07) is 3.74. The van der Waals surface area contributed by atoms with Crippen LogP contribution in [0, 0.1) is 0 Å². The molecule has 2 aromatic rings. The normalized spacial score (nSPS) is 19.3. The molecular formula is C16H21BN2O4. The fourth-order valence-electron chi connectivity index (χ4n) is 2.43. The van der Waals surface area contributed by atoms with Crippen LogP contribution in [0.3, 0.4) is 0 Å². The highest BCUT2D eigenvalue weighted by atomic mass is 16.7. The molecule has 0 spiro atoms. The van der Waals surface area contributed by atoms with Gasteiger partial charge in [-0.05, 0) is 46.1 Å². The number of carbonyl (C=O) groups is 1. The Kier molecular flexibility index (Phi) is 3.73. The summed E-state index contributed by atoms with van der Waals surface area (Å²) in [5.74, 6) is -0.423. The highest BCUT2D eigenvalue weighted by Gasteiger charge is 2.51. The van der Waals surface area contributed by atoms with Gasteiger partial charge in [0.1, 0.15) is 5.65 Å². The van der Waals surface area contributed by atoms with Crippen LogP contribution in [-0.2, 0) is 14.0 Å². The number of rotatable bonds is 3. The third-order valence-corrected chi connectivity index (χ3v) is 4.48. The average molecular weight is 316 g/mol. The van der Waals surface area contributed by atoms with Gasteiger partial charge in [-0.1, -0.05) is 6.07 Å². The van der Waals surface area contributed by atoms with E-state index in [-0.39, 0.29) is 5.69 Å². The van der Waals surface area contributed by atoms with Crippen LogP contribution in [0.2, 0.25) is 0 Å². The molecule has 1 fully saturated rings. The molecule has 6 nitrogen and oxygen atoms in total. The lowest BCUT2D eigenvalue weighted by Gasteiger charge is -2.32. The van der Waals surface area contributed by atoms with E-state index >= 15 is 0 Å². The SMILES string of the molecule is CCOC(=O)c1cn2cc(B3OC(C)(C)C(C)(C)O3)ccc2n1. The predicted octanol–water partition coefficient (Wildman–Crippen LogP) is 1.81. The molecule has 0 bridgehead atoms. The summed E-state index contributed by atoms with van der Waals surface area (Å²) >= 11 is 0. The summed E-state index contributed by atoms with van der Waals surface area (Å²) in [4.78, 5) is 16.0. The first-order valence-corrected chi connectivity index (χ1v) is 7.75. The van der Waals surface area contributed by atoms with Gasteiger partial charge in [0.05, 0.1) is 17.8 Å². The van der Waals surface area contributed by atoms with Gasteiger partial charge in [-0.3, -0.25) is 0 Å². The highest BCUT2D eigenvalue weighted by Crippen LogP contribution is 2.36. The minimum absolute atomic E-state index is 0.290. The fraction of sp³-hybridized carbons (Fsp3) is 0.500. The van der Waals surface area contributed by atoms with Crippen LogP contribution in [-0.4, -0.2) is 40.3 Å². The molecule has 3 rings (SSSR count). The number of imidazole rings is 1. The average Bonchev–Trinajstić information content (AvgIpc) is 2.97. The van der Waals surface area contributed by atoms with Crippen LogP contribution in [0.15, 0.2) is 24.5 Å². The number of esters is 1. The van der Waals surface area contributed by atoms with Crippen LogP contribution in [0.1, 0.15) is 45.1 Å². The van der Waals surface area contributed by atoms with E-state index in [1.54, 1.807) is 17.5 Å². The van der Waals surface area contributed by atoms with Gasteiger partial charge in [0.15, 0.2) is 5.69 Å². The number of carbonyl (C=O) groups excluding carboxylic acids is 1. The summed E-state index contributed by atoms with van der Waals surface area (Å²) in [6.07, 6.45) is 3.52. The van der Waals surface area contributed by atoms with Crippen LogP contribution in [0.5, 0.6) is 0 Å². The molecule has 0 aliphatic carbocycles. The van der Waals surface area contributed by atoms with Gasteiger partial charge >= 0.3 is 13.1 Å². The second kappa shape index (κ2) is 5.35. The highest BCUT2D eigenvalue weighted by molar-refractivity contribution is 6.62. The zero-order chi connectivity index (χ0) is 16.8. The Bertz CT molecular complexity index is 738. The van der Waals surface area contributed by atoms with Crippen molar-refractivity contribution in [1.29, 1.82) is 0 Å². The number of aromatic nitrogens is 2. The quantitative estimate of drug-likeness (QED) is 0.638. The van der Waals surface area contributed by atoms with E-state index in [0.717, 1.165) is 5.46 Å². The Morgan fingerprint density at radius 2 is 1.87 bits per heavy atom. The number of pyridine rings is 1. The molecule has 1 saturated heterocycles. The second-order valence-corrected chi connectivity index (χ2v) is 6.66. The first-order valence-electron chi connectivity index (χ1n) is 7.75. The molecule has 0 unspecified atom stereocenters. The largest absolute Gasteiger partial charge is 0.496 e. The molecule has 3 heterocycles. The van der Waals surface area contributed by atoms with Gasteiger partial charge in [-0.15, -0.1) is 0 Å². The molecular weight excluding hydrogens is 295 g/mol. The first kappa shape index (κ1) is 16.0. The van der Waals surface area contributed by atoms with E-state index in [9.17, 15) is 4.79 Å². The van der Waals surface area contributed by atoms with E-state index in [1.165, 1.54) is 0 Å². The lowest BCUT2D eigenvalue weighted by atomic mass is 9.80. The van der Waals surface area contributed by atoms with Crippen molar-refractivity contribution >= 4 is 24.2 Å². The number of hydrogen-bond donors (Lipinski definition) is 0. The maximum atomic E-state index is 11.8. The molecule has 0 amide bonds. The standard InChI is InChI=1S/C16H21BN2O4/c1-6-21-14(20)12-10-19-9-11(7-8-13(19)18-12)17-22-15(2,3)16(4,5)23-17/h7-10H,6H2,1-5H3. The molecule has 0 saturated carbocycles. The van der Waals surface area contributed by atoms with Crippen molar-refractivity contribution in [3.8, 4) is 0 Å². The van der Waals surface area contributed by atoms with Gasteiger partial charge in [-0.25, -0.2) is 9.78 Å². The smallest absolute Gasteiger partial charge is 0.461 e. The Labute approximate surface area is 135 Å². The Morgan fingerprint density at radius 3 is 2.48 bits per heavy atom. The van der Waals surface area contributed by atoms with Gasteiger partial charge in [0.2, 0.25) is 0 Å². The maximum Gasteiger partial charge on any atom is 0.496 e. The van der Waals surface area contributed by atoms with Crippen molar-refractivity contribution in [3.63, 3.8) is 0 Å². The number of fused-ring (bicyclic) bond motifs is 1. The summed E-state index contributed by atoms with van der Waals surface area (Å²) in [5.41, 5.74) is 1.06. The molecule has 2 aromatic heterocycles.